The number of aromatic nitrogens is 1. The summed E-state index contributed by atoms with van der Waals surface area (Å²) in [7, 11) is -2.14. The second-order valence-corrected chi connectivity index (χ2v) is 13.2. The number of sulfonamides is 1. The Hall–Kier alpha value is -2.44. The average Bonchev–Trinajstić information content (AvgIpc) is 3.38. The van der Waals surface area contributed by atoms with Gasteiger partial charge in [0.15, 0.2) is 0 Å². The Morgan fingerprint density at radius 3 is 2.51 bits per heavy atom. The Morgan fingerprint density at radius 2 is 1.78 bits per heavy atom. The van der Waals surface area contributed by atoms with Crippen LogP contribution >= 0.6 is 0 Å². The smallest absolute Gasteiger partial charge is 0.248 e. The van der Waals surface area contributed by atoms with Gasteiger partial charge in [0.25, 0.3) is 0 Å². The van der Waals surface area contributed by atoms with Crippen LogP contribution in [-0.4, -0.2) is 105 Å². The Bertz CT molecular complexity index is 1300. The number of ether oxygens (including phenoxy) is 3. The minimum Gasteiger partial charge on any atom is -0.497 e. The SMILES string of the molecule is COc1cc(C)c(S(=O)(=O)N2CCCCC2COCC(=O)N2CCn3c(CCN4CCOCC4)ccc3C2)c(C)c1. The van der Waals surface area contributed by atoms with E-state index in [1.54, 1.807) is 37.4 Å². The van der Waals surface area contributed by atoms with Gasteiger partial charge >= 0.3 is 0 Å². The number of methoxy groups -OCH3 is 1. The third kappa shape index (κ3) is 6.80. The van der Waals surface area contributed by atoms with Gasteiger partial charge in [-0.05, 0) is 62.1 Å². The average molecular weight is 589 g/mol. The predicted molar refractivity (Wildman–Crippen MR) is 156 cm³/mol. The molecule has 5 rings (SSSR count). The number of carbonyl (C=O) groups excluding carboxylic acids is 1. The van der Waals surface area contributed by atoms with E-state index in [9.17, 15) is 13.2 Å². The van der Waals surface area contributed by atoms with Gasteiger partial charge in [0.2, 0.25) is 15.9 Å². The summed E-state index contributed by atoms with van der Waals surface area (Å²) >= 11 is 0. The fraction of sp³-hybridized carbons (Fsp3) is 0.633. The molecule has 2 aromatic rings. The number of nitrogens with zero attached hydrogens (tertiary/aromatic N) is 4. The third-order valence-electron chi connectivity index (χ3n) is 8.59. The van der Waals surface area contributed by atoms with Crippen molar-refractivity contribution in [2.45, 2.75) is 63.6 Å². The first kappa shape index (κ1) is 30.0. The van der Waals surface area contributed by atoms with Crippen molar-refractivity contribution in [3.8, 4) is 5.75 Å². The van der Waals surface area contributed by atoms with Crippen molar-refractivity contribution in [3.63, 3.8) is 0 Å². The van der Waals surface area contributed by atoms with Crippen molar-refractivity contribution in [2.75, 3.05) is 66.3 Å². The lowest BCUT2D eigenvalue weighted by Crippen LogP contribution is -2.47. The summed E-state index contributed by atoms with van der Waals surface area (Å²) in [4.78, 5) is 17.7. The maximum atomic E-state index is 13.8. The highest BCUT2D eigenvalue weighted by Gasteiger charge is 2.36. The molecule has 1 aromatic heterocycles. The molecule has 1 atom stereocenters. The lowest BCUT2D eigenvalue weighted by atomic mass is 10.1. The summed E-state index contributed by atoms with van der Waals surface area (Å²) in [5, 5.41) is 0. The Balaban J connectivity index is 1.15. The van der Waals surface area contributed by atoms with Crippen LogP contribution in [0.5, 0.6) is 5.75 Å². The van der Waals surface area contributed by atoms with E-state index in [0.717, 1.165) is 64.3 Å². The molecule has 0 radical (unpaired) electrons. The van der Waals surface area contributed by atoms with E-state index >= 15 is 0 Å². The van der Waals surface area contributed by atoms with E-state index in [4.69, 9.17) is 14.2 Å². The molecule has 2 saturated heterocycles. The van der Waals surface area contributed by atoms with Gasteiger partial charge in [-0.15, -0.1) is 0 Å². The van der Waals surface area contributed by atoms with Crippen molar-refractivity contribution >= 4 is 15.9 Å². The Morgan fingerprint density at radius 1 is 1.02 bits per heavy atom. The molecule has 1 unspecified atom stereocenters. The standard InChI is InChI=1S/C30H44N4O6S/c1-23-18-28(38-3)19-24(2)30(23)41(36,37)34-10-5-4-6-27(34)21-40-22-29(35)32-12-13-33-25(7-8-26(33)20-32)9-11-31-14-16-39-17-15-31/h7-8,18-19,27H,4-6,9-17,20-22H2,1-3H3. The molecule has 3 aliphatic heterocycles. The molecule has 3 aliphatic rings. The summed E-state index contributed by atoms with van der Waals surface area (Å²) in [5.74, 6) is 0.588. The third-order valence-corrected chi connectivity index (χ3v) is 10.9. The van der Waals surface area contributed by atoms with Crippen LogP contribution in [0.15, 0.2) is 29.2 Å². The molecule has 10 nitrogen and oxygen atoms in total. The highest BCUT2D eigenvalue weighted by atomic mass is 32.2. The van der Waals surface area contributed by atoms with Gasteiger partial charge in [-0.2, -0.15) is 4.31 Å². The number of hydrogen-bond donors (Lipinski definition) is 0. The van der Waals surface area contributed by atoms with Crippen molar-refractivity contribution < 1.29 is 27.4 Å². The lowest BCUT2D eigenvalue weighted by Gasteiger charge is -2.35. The minimum absolute atomic E-state index is 0.0461. The van der Waals surface area contributed by atoms with Crippen molar-refractivity contribution in [1.29, 1.82) is 0 Å². The number of carbonyl (C=O) groups is 1. The molecule has 1 aromatic carbocycles. The van der Waals surface area contributed by atoms with Crippen LogP contribution in [0.4, 0.5) is 0 Å². The van der Waals surface area contributed by atoms with Gasteiger partial charge in [0.05, 0.1) is 38.4 Å². The first-order chi connectivity index (χ1) is 19.8. The molecule has 0 spiro atoms. The molecule has 226 valence electrons. The largest absolute Gasteiger partial charge is 0.497 e. The number of hydrogen-bond acceptors (Lipinski definition) is 7. The number of fused-ring (bicyclic) bond motifs is 1. The van der Waals surface area contributed by atoms with Crippen LogP contribution in [0.3, 0.4) is 0 Å². The molecule has 11 heteroatoms. The minimum atomic E-state index is -3.72. The molecule has 1 amide bonds. The maximum Gasteiger partial charge on any atom is 0.248 e. The zero-order chi connectivity index (χ0) is 29.0. The molecule has 4 heterocycles. The lowest BCUT2D eigenvalue weighted by molar-refractivity contribution is -0.138. The number of aryl methyl sites for hydroxylation is 2. The normalized spacial score (nSPS) is 20.7. The summed E-state index contributed by atoms with van der Waals surface area (Å²) in [6, 6.07) is 7.54. The quantitative estimate of drug-likeness (QED) is 0.421. The van der Waals surface area contributed by atoms with E-state index in [2.05, 4.69) is 21.6 Å². The summed E-state index contributed by atoms with van der Waals surface area (Å²) in [5.41, 5.74) is 3.80. The second-order valence-electron chi connectivity index (χ2n) is 11.4. The summed E-state index contributed by atoms with van der Waals surface area (Å²) in [6.45, 7) is 10.8. The Kier molecular flexibility index (Phi) is 9.70. The number of amides is 1. The molecule has 41 heavy (non-hydrogen) atoms. The van der Waals surface area contributed by atoms with Crippen LogP contribution in [0.25, 0.3) is 0 Å². The van der Waals surface area contributed by atoms with E-state index < -0.39 is 10.0 Å². The first-order valence-electron chi connectivity index (χ1n) is 14.8. The van der Waals surface area contributed by atoms with Gasteiger partial charge in [-0.3, -0.25) is 9.69 Å². The van der Waals surface area contributed by atoms with Crippen molar-refractivity contribution in [1.82, 2.24) is 18.7 Å². The fourth-order valence-electron chi connectivity index (χ4n) is 6.39. The zero-order valence-electron chi connectivity index (χ0n) is 24.6. The topological polar surface area (TPSA) is 93.5 Å². The van der Waals surface area contributed by atoms with Gasteiger partial charge in [-0.1, -0.05) is 6.42 Å². The van der Waals surface area contributed by atoms with Crippen molar-refractivity contribution in [2.24, 2.45) is 0 Å². The van der Waals surface area contributed by atoms with Gasteiger partial charge in [0.1, 0.15) is 12.4 Å². The van der Waals surface area contributed by atoms with Crippen LogP contribution in [0.1, 0.15) is 41.8 Å². The van der Waals surface area contributed by atoms with Crippen molar-refractivity contribution in [3.05, 3.63) is 46.8 Å². The molecular weight excluding hydrogens is 544 g/mol. The first-order valence-corrected chi connectivity index (χ1v) is 16.2. The molecular formula is C30H44N4O6S. The fourth-order valence-corrected chi connectivity index (χ4v) is 8.48. The molecule has 0 bridgehead atoms. The second kappa shape index (κ2) is 13.2. The van der Waals surface area contributed by atoms with E-state index in [1.807, 2.05) is 4.90 Å². The van der Waals surface area contributed by atoms with Gasteiger partial charge in [-0.25, -0.2) is 8.42 Å². The maximum absolute atomic E-state index is 13.8. The molecule has 0 saturated carbocycles. The highest BCUT2D eigenvalue weighted by Crippen LogP contribution is 2.32. The highest BCUT2D eigenvalue weighted by molar-refractivity contribution is 7.89. The van der Waals surface area contributed by atoms with Gasteiger partial charge in [0, 0.05) is 63.1 Å². The van der Waals surface area contributed by atoms with Crippen LogP contribution in [0, 0.1) is 13.8 Å². The number of morpholine rings is 1. The predicted octanol–water partition coefficient (Wildman–Crippen LogP) is 2.59. The monoisotopic (exact) mass is 588 g/mol. The van der Waals surface area contributed by atoms with Crippen LogP contribution in [-0.2, 0) is 43.8 Å². The number of rotatable bonds is 10. The molecule has 0 aliphatic carbocycles. The number of piperidine rings is 1. The molecule has 2 fully saturated rings. The molecule has 0 N–H and O–H groups in total. The summed E-state index contributed by atoms with van der Waals surface area (Å²) in [6.07, 6.45) is 3.45. The van der Waals surface area contributed by atoms with E-state index in [1.165, 1.54) is 5.69 Å². The summed E-state index contributed by atoms with van der Waals surface area (Å²) < 4.78 is 48.2. The van der Waals surface area contributed by atoms with E-state index in [0.29, 0.717) is 47.8 Å². The van der Waals surface area contributed by atoms with Gasteiger partial charge < -0.3 is 23.7 Å². The van der Waals surface area contributed by atoms with E-state index in [-0.39, 0.29) is 25.2 Å². The number of benzene rings is 1. The van der Waals surface area contributed by atoms with Crippen LogP contribution in [0.2, 0.25) is 0 Å². The Labute approximate surface area is 244 Å². The van der Waals surface area contributed by atoms with Crippen LogP contribution < -0.4 is 4.74 Å². The zero-order valence-corrected chi connectivity index (χ0v) is 25.5.